The summed E-state index contributed by atoms with van der Waals surface area (Å²) >= 11 is 5.84. The van der Waals surface area contributed by atoms with Crippen molar-refractivity contribution in [3.63, 3.8) is 0 Å². The summed E-state index contributed by atoms with van der Waals surface area (Å²) in [7, 11) is 0. The minimum Gasteiger partial charge on any atom is -0.363 e. The summed E-state index contributed by atoms with van der Waals surface area (Å²) in [5, 5.41) is 18.3. The van der Waals surface area contributed by atoms with E-state index in [0.717, 1.165) is 6.54 Å². The molecule has 3 rings (SSSR count). The van der Waals surface area contributed by atoms with Crippen LogP contribution in [0.4, 0.5) is 17.1 Å². The second kappa shape index (κ2) is 7.72. The number of hydrogen-bond donors (Lipinski definition) is 2. The molecule has 8 heteroatoms. The maximum Gasteiger partial charge on any atom is 0.305 e. The Morgan fingerprint density at radius 2 is 2.04 bits per heavy atom. The third-order valence-electron chi connectivity index (χ3n) is 4.25. The molecule has 1 unspecified atom stereocenters. The van der Waals surface area contributed by atoms with Gasteiger partial charge in [-0.15, -0.1) is 0 Å². The number of nitro groups is 1. The molecule has 0 aromatic heterocycles. The van der Waals surface area contributed by atoms with Gasteiger partial charge in [0.1, 0.15) is 11.3 Å². The van der Waals surface area contributed by atoms with Crippen molar-refractivity contribution in [2.24, 2.45) is 0 Å². The van der Waals surface area contributed by atoms with Gasteiger partial charge in [-0.05, 0) is 43.3 Å². The number of nitro benzene ring substituents is 1. The highest BCUT2D eigenvalue weighted by molar-refractivity contribution is 6.30. The van der Waals surface area contributed by atoms with Crippen LogP contribution in [0.5, 0.6) is 0 Å². The highest BCUT2D eigenvalue weighted by Crippen LogP contribution is 2.33. The minimum absolute atomic E-state index is 0.0358. The number of nitrogens with one attached hydrogen (secondary N) is 2. The predicted molar refractivity (Wildman–Crippen MR) is 102 cm³/mol. The quantitative estimate of drug-likeness (QED) is 0.633. The van der Waals surface area contributed by atoms with Crippen molar-refractivity contribution in [3.05, 3.63) is 63.2 Å². The average Bonchev–Trinajstić information content (AvgIpc) is 2.63. The van der Waals surface area contributed by atoms with Crippen LogP contribution in [0.2, 0.25) is 5.02 Å². The van der Waals surface area contributed by atoms with Gasteiger partial charge in [-0.1, -0.05) is 17.7 Å². The molecular weight excluding hydrogens is 356 g/mol. The van der Waals surface area contributed by atoms with Gasteiger partial charge >= 0.3 is 5.69 Å². The lowest BCUT2D eigenvalue weighted by Crippen LogP contribution is -2.49. The second-order valence-electron chi connectivity index (χ2n) is 6.19. The molecule has 0 bridgehead atoms. The van der Waals surface area contributed by atoms with E-state index in [1.54, 1.807) is 36.4 Å². The molecule has 1 amide bonds. The summed E-state index contributed by atoms with van der Waals surface area (Å²) in [6, 6.07) is 11.6. The van der Waals surface area contributed by atoms with Gasteiger partial charge in [-0.3, -0.25) is 14.9 Å². The van der Waals surface area contributed by atoms with Crippen LogP contribution < -0.4 is 15.5 Å². The molecule has 1 atom stereocenters. The molecule has 7 nitrogen and oxygen atoms in total. The van der Waals surface area contributed by atoms with Crippen LogP contribution in [0.1, 0.15) is 17.3 Å². The second-order valence-corrected chi connectivity index (χ2v) is 6.63. The Morgan fingerprint density at radius 3 is 2.69 bits per heavy atom. The topological polar surface area (TPSA) is 87.5 Å². The SMILES string of the molecule is CC1CN(c2cccc(C(=O)Nc3ccc(Cl)cc3)c2[N+](=O)[O-])CCN1. The van der Waals surface area contributed by atoms with Crippen molar-refractivity contribution in [3.8, 4) is 0 Å². The molecule has 2 aromatic carbocycles. The summed E-state index contributed by atoms with van der Waals surface area (Å²) in [6.07, 6.45) is 0. The molecule has 2 N–H and O–H groups in total. The van der Waals surface area contributed by atoms with Crippen LogP contribution in [0.3, 0.4) is 0 Å². The Labute approximate surface area is 156 Å². The lowest BCUT2D eigenvalue weighted by molar-refractivity contribution is -0.384. The Kier molecular flexibility index (Phi) is 5.39. The van der Waals surface area contributed by atoms with Crippen molar-refractivity contribution < 1.29 is 9.72 Å². The summed E-state index contributed by atoms with van der Waals surface area (Å²) in [6.45, 7) is 4.05. The van der Waals surface area contributed by atoms with Crippen molar-refractivity contribution in [1.82, 2.24) is 5.32 Å². The summed E-state index contributed by atoms with van der Waals surface area (Å²) in [5.41, 5.74) is 0.851. The first-order chi connectivity index (χ1) is 12.5. The Hall–Kier alpha value is -2.64. The zero-order valence-electron chi connectivity index (χ0n) is 14.2. The molecule has 1 saturated heterocycles. The zero-order chi connectivity index (χ0) is 18.7. The van der Waals surface area contributed by atoms with E-state index in [2.05, 4.69) is 10.6 Å². The van der Waals surface area contributed by atoms with Crippen LogP contribution in [0.15, 0.2) is 42.5 Å². The Morgan fingerprint density at radius 1 is 1.31 bits per heavy atom. The fourth-order valence-electron chi connectivity index (χ4n) is 3.04. The van der Waals surface area contributed by atoms with Crippen LogP contribution in [0.25, 0.3) is 0 Å². The van der Waals surface area contributed by atoms with Gasteiger partial charge in [0, 0.05) is 36.4 Å². The summed E-state index contributed by atoms with van der Waals surface area (Å²) in [5.74, 6) is -0.524. The smallest absolute Gasteiger partial charge is 0.305 e. The van der Waals surface area contributed by atoms with E-state index in [1.807, 2.05) is 11.8 Å². The molecule has 0 saturated carbocycles. The molecule has 1 aliphatic rings. The first-order valence-corrected chi connectivity index (χ1v) is 8.66. The molecule has 1 fully saturated rings. The number of piperazine rings is 1. The number of para-hydroxylation sites is 1. The number of halogens is 1. The lowest BCUT2D eigenvalue weighted by Gasteiger charge is -2.33. The third-order valence-corrected chi connectivity index (χ3v) is 4.51. The van der Waals surface area contributed by atoms with Crippen molar-refractivity contribution in [1.29, 1.82) is 0 Å². The molecule has 0 spiro atoms. The average molecular weight is 375 g/mol. The van der Waals surface area contributed by atoms with Gasteiger partial charge in [0.05, 0.1) is 4.92 Å². The van der Waals surface area contributed by atoms with E-state index in [1.165, 1.54) is 6.07 Å². The monoisotopic (exact) mass is 374 g/mol. The van der Waals surface area contributed by atoms with Crippen molar-refractivity contribution >= 4 is 34.6 Å². The molecule has 136 valence electrons. The van der Waals surface area contributed by atoms with Crippen LogP contribution >= 0.6 is 11.6 Å². The number of carbonyl (C=O) groups excluding carboxylic acids is 1. The number of amides is 1. The number of anilines is 2. The maximum atomic E-state index is 12.6. The number of rotatable bonds is 4. The number of hydrogen-bond acceptors (Lipinski definition) is 5. The molecule has 26 heavy (non-hydrogen) atoms. The van der Waals surface area contributed by atoms with Crippen LogP contribution in [0, 0.1) is 10.1 Å². The largest absolute Gasteiger partial charge is 0.363 e. The lowest BCUT2D eigenvalue weighted by atomic mass is 10.1. The van der Waals surface area contributed by atoms with Gasteiger partial charge in [0.15, 0.2) is 0 Å². The standard InChI is InChI=1S/C18H19ClN4O3/c1-12-11-22(10-9-20-12)16-4-2-3-15(17(16)23(25)26)18(24)21-14-7-5-13(19)6-8-14/h2-8,12,20H,9-11H2,1H3,(H,21,24). The van der Waals surface area contributed by atoms with E-state index in [-0.39, 0.29) is 17.3 Å². The first-order valence-electron chi connectivity index (χ1n) is 8.28. The van der Waals surface area contributed by atoms with Crippen molar-refractivity contribution in [2.45, 2.75) is 13.0 Å². The molecule has 1 aliphatic heterocycles. The first kappa shape index (κ1) is 18.2. The molecule has 1 heterocycles. The minimum atomic E-state index is -0.524. The number of carbonyl (C=O) groups is 1. The number of nitrogens with zero attached hydrogens (tertiary/aromatic N) is 2. The number of benzene rings is 2. The van der Waals surface area contributed by atoms with E-state index in [9.17, 15) is 14.9 Å². The molecular formula is C18H19ClN4O3. The van der Waals surface area contributed by atoms with E-state index in [0.29, 0.717) is 29.5 Å². The van der Waals surface area contributed by atoms with Gasteiger partial charge in [0.25, 0.3) is 5.91 Å². The third kappa shape index (κ3) is 3.95. The van der Waals surface area contributed by atoms with E-state index in [4.69, 9.17) is 11.6 Å². The van der Waals surface area contributed by atoms with Crippen molar-refractivity contribution in [2.75, 3.05) is 29.9 Å². The van der Waals surface area contributed by atoms with Crippen LogP contribution in [-0.2, 0) is 0 Å². The summed E-state index contributed by atoms with van der Waals surface area (Å²) in [4.78, 5) is 25.8. The molecule has 0 aliphatic carbocycles. The van der Waals surface area contributed by atoms with Gasteiger partial charge < -0.3 is 15.5 Å². The van der Waals surface area contributed by atoms with Crippen LogP contribution in [-0.4, -0.2) is 36.5 Å². The normalized spacial score (nSPS) is 17.0. The highest BCUT2D eigenvalue weighted by atomic mass is 35.5. The zero-order valence-corrected chi connectivity index (χ0v) is 15.0. The molecule has 0 radical (unpaired) electrons. The highest BCUT2D eigenvalue weighted by Gasteiger charge is 2.29. The summed E-state index contributed by atoms with van der Waals surface area (Å²) < 4.78 is 0. The Bertz CT molecular complexity index is 826. The fraction of sp³-hybridized carbons (Fsp3) is 0.278. The van der Waals surface area contributed by atoms with Gasteiger partial charge in [-0.25, -0.2) is 0 Å². The molecule has 2 aromatic rings. The van der Waals surface area contributed by atoms with Gasteiger partial charge in [0.2, 0.25) is 0 Å². The van der Waals surface area contributed by atoms with E-state index >= 15 is 0 Å². The Balaban J connectivity index is 1.93. The predicted octanol–water partition coefficient (Wildman–Crippen LogP) is 3.30. The fourth-order valence-corrected chi connectivity index (χ4v) is 3.17. The van der Waals surface area contributed by atoms with E-state index < -0.39 is 10.8 Å². The van der Waals surface area contributed by atoms with Gasteiger partial charge in [-0.2, -0.15) is 0 Å². The maximum absolute atomic E-state index is 12.6.